The molecule has 0 aliphatic carbocycles. The third kappa shape index (κ3) is 5.04. The highest BCUT2D eigenvalue weighted by atomic mass is 16.5. The highest BCUT2D eigenvalue weighted by Crippen LogP contribution is 2.30. The zero-order valence-electron chi connectivity index (χ0n) is 12.1. The largest absolute Gasteiger partial charge is 0.508 e. The van der Waals surface area contributed by atoms with Gasteiger partial charge in [0, 0.05) is 0 Å². The molecule has 0 aliphatic heterocycles. The van der Waals surface area contributed by atoms with Gasteiger partial charge >= 0.3 is 0 Å². The smallest absolute Gasteiger partial charge is 0.122 e. The van der Waals surface area contributed by atoms with Crippen molar-refractivity contribution in [2.24, 2.45) is 0 Å². The standard InChI is InChI=1S/C11H16O.C6H6O/c1-11(2,3)9-7-5-6-8-10(9)12-4;7-6-4-2-1-3-5-6/h5-8H,1-4H3;1-5,7H. The zero-order valence-corrected chi connectivity index (χ0v) is 12.1. The van der Waals surface area contributed by atoms with Crippen molar-refractivity contribution < 1.29 is 9.84 Å². The monoisotopic (exact) mass is 258 g/mol. The Balaban J connectivity index is 0.000000218. The van der Waals surface area contributed by atoms with Gasteiger partial charge in [-0.3, -0.25) is 0 Å². The van der Waals surface area contributed by atoms with E-state index < -0.39 is 0 Å². The lowest BCUT2D eigenvalue weighted by Gasteiger charge is -2.21. The van der Waals surface area contributed by atoms with Crippen LogP contribution in [-0.2, 0) is 5.41 Å². The average molecular weight is 258 g/mol. The second kappa shape index (κ2) is 6.83. The lowest BCUT2D eigenvalue weighted by molar-refractivity contribution is 0.397. The van der Waals surface area contributed by atoms with Gasteiger partial charge in [-0.15, -0.1) is 0 Å². The van der Waals surface area contributed by atoms with Crippen LogP contribution in [0.1, 0.15) is 26.3 Å². The first-order chi connectivity index (χ1) is 8.95. The van der Waals surface area contributed by atoms with Gasteiger partial charge in [0.25, 0.3) is 0 Å². The van der Waals surface area contributed by atoms with Crippen molar-refractivity contribution in [1.82, 2.24) is 0 Å². The minimum atomic E-state index is 0.159. The molecule has 0 saturated heterocycles. The van der Waals surface area contributed by atoms with Crippen LogP contribution < -0.4 is 4.74 Å². The topological polar surface area (TPSA) is 29.5 Å². The van der Waals surface area contributed by atoms with E-state index in [-0.39, 0.29) is 5.41 Å². The number of para-hydroxylation sites is 2. The Kier molecular flexibility index (Phi) is 5.43. The second-order valence-electron chi connectivity index (χ2n) is 5.29. The first-order valence-corrected chi connectivity index (χ1v) is 6.32. The van der Waals surface area contributed by atoms with E-state index in [0.29, 0.717) is 5.75 Å². The molecule has 0 unspecified atom stereocenters. The van der Waals surface area contributed by atoms with Crippen molar-refractivity contribution in [2.75, 3.05) is 7.11 Å². The first-order valence-electron chi connectivity index (χ1n) is 6.32. The van der Waals surface area contributed by atoms with E-state index in [2.05, 4.69) is 26.8 Å². The van der Waals surface area contributed by atoms with Crippen LogP contribution >= 0.6 is 0 Å². The maximum atomic E-state index is 8.63. The number of rotatable bonds is 1. The molecule has 0 saturated carbocycles. The quantitative estimate of drug-likeness (QED) is 0.822. The number of aromatic hydroxyl groups is 1. The molecule has 1 N–H and O–H groups in total. The van der Waals surface area contributed by atoms with E-state index in [1.54, 1.807) is 31.4 Å². The van der Waals surface area contributed by atoms with Crippen LogP contribution in [0.25, 0.3) is 0 Å². The average Bonchev–Trinajstić information content (AvgIpc) is 2.39. The molecule has 0 aromatic heterocycles. The Morgan fingerprint density at radius 2 is 1.37 bits per heavy atom. The number of ether oxygens (including phenoxy) is 1. The molecule has 2 nitrogen and oxygen atoms in total. The summed E-state index contributed by atoms with van der Waals surface area (Å²) in [6.07, 6.45) is 0. The highest BCUT2D eigenvalue weighted by Gasteiger charge is 2.17. The van der Waals surface area contributed by atoms with Gasteiger partial charge in [0.05, 0.1) is 7.11 Å². The van der Waals surface area contributed by atoms with Crippen molar-refractivity contribution in [3.63, 3.8) is 0 Å². The fraction of sp³-hybridized carbons (Fsp3) is 0.294. The Morgan fingerprint density at radius 3 is 1.74 bits per heavy atom. The van der Waals surface area contributed by atoms with E-state index in [4.69, 9.17) is 9.84 Å². The molecule has 0 atom stereocenters. The lowest BCUT2D eigenvalue weighted by Crippen LogP contribution is -2.12. The van der Waals surface area contributed by atoms with Crippen LogP contribution in [0, 0.1) is 0 Å². The number of benzene rings is 2. The fourth-order valence-electron chi connectivity index (χ4n) is 1.69. The number of hydrogen-bond acceptors (Lipinski definition) is 2. The lowest BCUT2D eigenvalue weighted by atomic mass is 9.86. The fourth-order valence-corrected chi connectivity index (χ4v) is 1.69. The molecule has 2 aromatic carbocycles. The molecule has 2 rings (SSSR count). The van der Waals surface area contributed by atoms with E-state index in [9.17, 15) is 0 Å². The molecule has 0 aliphatic rings. The van der Waals surface area contributed by atoms with Gasteiger partial charge in [0.1, 0.15) is 11.5 Å². The van der Waals surface area contributed by atoms with Crippen molar-refractivity contribution in [1.29, 1.82) is 0 Å². The summed E-state index contributed by atoms with van der Waals surface area (Å²) in [4.78, 5) is 0. The normalized spacial score (nSPS) is 10.3. The summed E-state index contributed by atoms with van der Waals surface area (Å²) in [6, 6.07) is 16.9. The highest BCUT2D eigenvalue weighted by molar-refractivity contribution is 5.38. The Hall–Kier alpha value is -1.96. The van der Waals surface area contributed by atoms with Crippen LogP contribution in [0.4, 0.5) is 0 Å². The molecule has 0 fully saturated rings. The molecule has 2 aromatic rings. The number of hydrogen-bond donors (Lipinski definition) is 1. The van der Waals surface area contributed by atoms with Crippen LogP contribution in [0.3, 0.4) is 0 Å². The number of methoxy groups -OCH3 is 1. The van der Waals surface area contributed by atoms with E-state index >= 15 is 0 Å². The van der Waals surface area contributed by atoms with E-state index in [0.717, 1.165) is 5.75 Å². The molecule has 0 bridgehead atoms. The second-order valence-corrected chi connectivity index (χ2v) is 5.29. The van der Waals surface area contributed by atoms with Crippen LogP contribution in [0.15, 0.2) is 54.6 Å². The predicted octanol–water partition coefficient (Wildman–Crippen LogP) is 4.38. The summed E-state index contributed by atoms with van der Waals surface area (Å²) in [7, 11) is 1.71. The molecule has 0 spiro atoms. The van der Waals surface area contributed by atoms with Gasteiger partial charge in [-0.05, 0) is 29.2 Å². The molecule has 19 heavy (non-hydrogen) atoms. The summed E-state index contributed by atoms with van der Waals surface area (Å²) in [5.74, 6) is 1.30. The summed E-state index contributed by atoms with van der Waals surface area (Å²) in [5, 5.41) is 8.63. The Bertz CT molecular complexity index is 484. The Labute approximate surface area is 115 Å². The zero-order chi connectivity index (χ0) is 14.3. The van der Waals surface area contributed by atoms with Gasteiger partial charge in [-0.25, -0.2) is 0 Å². The maximum Gasteiger partial charge on any atom is 0.122 e. The van der Waals surface area contributed by atoms with Crippen LogP contribution in [-0.4, -0.2) is 12.2 Å². The van der Waals surface area contributed by atoms with Crippen LogP contribution in [0.2, 0.25) is 0 Å². The van der Waals surface area contributed by atoms with Crippen molar-refractivity contribution in [3.05, 3.63) is 60.2 Å². The number of phenolic OH excluding ortho intramolecular Hbond substituents is 1. The van der Waals surface area contributed by atoms with Crippen molar-refractivity contribution >= 4 is 0 Å². The SMILES string of the molecule is COc1ccccc1C(C)(C)C.Oc1ccccc1. The number of phenols is 1. The van der Waals surface area contributed by atoms with E-state index in [1.807, 2.05) is 24.3 Å². The van der Waals surface area contributed by atoms with Crippen LogP contribution in [0.5, 0.6) is 11.5 Å². The molecular formula is C17H22O2. The molecule has 102 valence electrons. The summed E-state index contributed by atoms with van der Waals surface area (Å²) >= 11 is 0. The molecule has 0 amide bonds. The van der Waals surface area contributed by atoms with Gasteiger partial charge in [0.2, 0.25) is 0 Å². The molecule has 2 heteroatoms. The van der Waals surface area contributed by atoms with Gasteiger partial charge in [-0.2, -0.15) is 0 Å². The summed E-state index contributed by atoms with van der Waals surface area (Å²) in [6.45, 7) is 6.56. The minimum Gasteiger partial charge on any atom is -0.508 e. The third-order valence-electron chi connectivity index (χ3n) is 2.67. The van der Waals surface area contributed by atoms with Gasteiger partial charge < -0.3 is 9.84 Å². The molecular weight excluding hydrogens is 236 g/mol. The summed E-state index contributed by atoms with van der Waals surface area (Å²) < 4.78 is 5.27. The molecule has 0 heterocycles. The Morgan fingerprint density at radius 1 is 0.842 bits per heavy atom. The maximum absolute atomic E-state index is 8.63. The minimum absolute atomic E-state index is 0.159. The predicted molar refractivity (Wildman–Crippen MR) is 79.8 cm³/mol. The van der Waals surface area contributed by atoms with E-state index in [1.165, 1.54) is 5.56 Å². The van der Waals surface area contributed by atoms with Crippen molar-refractivity contribution in [3.8, 4) is 11.5 Å². The third-order valence-corrected chi connectivity index (χ3v) is 2.67. The van der Waals surface area contributed by atoms with Crippen molar-refractivity contribution in [2.45, 2.75) is 26.2 Å². The molecule has 0 radical (unpaired) electrons. The summed E-state index contributed by atoms with van der Waals surface area (Å²) in [5.41, 5.74) is 1.42. The first kappa shape index (κ1) is 15.1. The van der Waals surface area contributed by atoms with Gasteiger partial charge in [-0.1, -0.05) is 57.2 Å². The van der Waals surface area contributed by atoms with Gasteiger partial charge in [0.15, 0.2) is 0 Å².